The number of nitrogens with one attached hydrogen (secondary N) is 2. The monoisotopic (exact) mass is 507 g/mol. The number of methoxy groups -OCH3 is 1. The highest BCUT2D eigenvalue weighted by Gasteiger charge is 2.18. The second-order valence-corrected chi connectivity index (χ2v) is 8.70. The zero-order valence-corrected chi connectivity index (χ0v) is 20.3. The van der Waals surface area contributed by atoms with Crippen LogP contribution in [0.5, 0.6) is 5.75 Å². The average molecular weight is 508 g/mol. The third kappa shape index (κ3) is 4.07. The Morgan fingerprint density at radius 3 is 2.76 bits per heavy atom. The largest absolute Gasteiger partial charge is 0.496 e. The van der Waals surface area contributed by atoms with Crippen LogP contribution < -0.4 is 15.8 Å². The molecule has 0 spiro atoms. The van der Waals surface area contributed by atoms with Crippen molar-refractivity contribution in [2.45, 2.75) is 6.54 Å². The van der Waals surface area contributed by atoms with Gasteiger partial charge in [-0.05, 0) is 42.0 Å². The predicted molar refractivity (Wildman–Crippen MR) is 142 cm³/mol. The summed E-state index contributed by atoms with van der Waals surface area (Å²) in [7, 11) is 1.43. The third-order valence-electron chi connectivity index (χ3n) is 6.36. The first-order valence-electron chi connectivity index (χ1n) is 11.8. The molecular formula is C28H22FN7O2. The summed E-state index contributed by atoms with van der Waals surface area (Å²) in [4.78, 5) is 17.3. The number of nitrogen functional groups attached to an aromatic ring is 1. The first kappa shape index (κ1) is 23.2. The Balaban J connectivity index is 1.27. The van der Waals surface area contributed by atoms with Gasteiger partial charge in [-0.3, -0.25) is 14.9 Å². The predicted octanol–water partition coefficient (Wildman–Crippen LogP) is 4.60. The summed E-state index contributed by atoms with van der Waals surface area (Å²) in [5.41, 5.74) is 12.0. The lowest BCUT2D eigenvalue weighted by Gasteiger charge is -2.10. The van der Waals surface area contributed by atoms with Gasteiger partial charge in [-0.15, -0.1) is 0 Å². The summed E-state index contributed by atoms with van der Waals surface area (Å²) < 4.78 is 20.6. The van der Waals surface area contributed by atoms with E-state index in [4.69, 9.17) is 15.5 Å². The first-order chi connectivity index (χ1) is 18.5. The van der Waals surface area contributed by atoms with E-state index in [1.165, 1.54) is 19.2 Å². The molecule has 0 atom stereocenters. The number of anilines is 1. The normalized spacial score (nSPS) is 11.2. The number of carbonyl (C=O) groups is 1. The number of aromatic amines is 1. The molecule has 2 aromatic carbocycles. The van der Waals surface area contributed by atoms with E-state index in [2.05, 4.69) is 20.6 Å². The van der Waals surface area contributed by atoms with Crippen LogP contribution in [0.1, 0.15) is 15.9 Å². The minimum absolute atomic E-state index is 0.136. The van der Waals surface area contributed by atoms with Gasteiger partial charge in [0.25, 0.3) is 5.91 Å². The minimum Gasteiger partial charge on any atom is -0.496 e. The van der Waals surface area contributed by atoms with Gasteiger partial charge in [-0.25, -0.2) is 8.91 Å². The lowest BCUT2D eigenvalue weighted by molar-refractivity contribution is 0.0947. The molecule has 0 saturated heterocycles. The van der Waals surface area contributed by atoms with Gasteiger partial charge in [-0.2, -0.15) is 10.2 Å². The number of ether oxygens (including phenoxy) is 1. The Bertz CT molecular complexity index is 1780. The van der Waals surface area contributed by atoms with Gasteiger partial charge in [0, 0.05) is 30.1 Å². The molecule has 0 saturated carbocycles. The second kappa shape index (κ2) is 9.32. The summed E-state index contributed by atoms with van der Waals surface area (Å²) >= 11 is 0. The van der Waals surface area contributed by atoms with Crippen LogP contribution in [0.3, 0.4) is 0 Å². The van der Waals surface area contributed by atoms with E-state index in [-0.39, 0.29) is 12.1 Å². The van der Waals surface area contributed by atoms with Crippen LogP contribution in [0.4, 0.5) is 10.2 Å². The maximum atomic E-state index is 13.6. The fourth-order valence-electron chi connectivity index (χ4n) is 4.45. The molecule has 9 nitrogen and oxygen atoms in total. The third-order valence-corrected chi connectivity index (χ3v) is 6.36. The van der Waals surface area contributed by atoms with Crippen molar-refractivity contribution >= 4 is 28.1 Å². The molecule has 6 rings (SSSR count). The number of nitrogens with zero attached hydrogens (tertiary/aromatic N) is 4. The van der Waals surface area contributed by atoms with Crippen LogP contribution in [0, 0.1) is 5.82 Å². The molecule has 6 aromatic rings. The zero-order valence-electron chi connectivity index (χ0n) is 20.3. The molecule has 38 heavy (non-hydrogen) atoms. The van der Waals surface area contributed by atoms with Gasteiger partial charge in [0.05, 0.1) is 40.5 Å². The quantitative estimate of drug-likeness (QED) is 0.303. The standard InChI is InChI=1S/C28H22FN7O2/c1-38-23-10-9-18(29)12-20(23)28(37)32-14-16-5-7-17(8-6-16)25-24-26(33-34-27(24)30)21(15-31-25)22-13-19-4-2-3-11-36(19)35-22/h2-13,15H,14H2,1H3,(H,32,37)(H3,30,33,34). The highest BCUT2D eigenvalue weighted by Crippen LogP contribution is 2.35. The van der Waals surface area contributed by atoms with Crippen molar-refractivity contribution in [2.24, 2.45) is 0 Å². The summed E-state index contributed by atoms with van der Waals surface area (Å²) in [6.07, 6.45) is 3.65. The van der Waals surface area contributed by atoms with E-state index in [1.807, 2.05) is 54.7 Å². The number of benzene rings is 2. The SMILES string of the molecule is COc1ccc(F)cc1C(=O)NCc1ccc(-c2ncc(-c3cc4ccccn4n3)c3[nH]nc(N)c23)cc1. The number of fused-ring (bicyclic) bond motifs is 2. The molecule has 0 aliphatic carbocycles. The topological polar surface area (TPSA) is 123 Å². The number of hydrogen-bond donors (Lipinski definition) is 3. The molecule has 0 radical (unpaired) electrons. The fraction of sp³-hybridized carbons (Fsp3) is 0.0714. The second-order valence-electron chi connectivity index (χ2n) is 8.70. The van der Waals surface area contributed by atoms with E-state index >= 15 is 0 Å². The van der Waals surface area contributed by atoms with E-state index in [1.54, 1.807) is 10.7 Å². The van der Waals surface area contributed by atoms with E-state index in [9.17, 15) is 9.18 Å². The molecule has 0 fully saturated rings. The lowest BCUT2D eigenvalue weighted by atomic mass is 10.0. The molecule has 0 unspecified atom stereocenters. The molecule has 4 aromatic heterocycles. The molecular weight excluding hydrogens is 485 g/mol. The summed E-state index contributed by atoms with van der Waals surface area (Å²) in [5, 5.41) is 15.4. The number of halogens is 1. The summed E-state index contributed by atoms with van der Waals surface area (Å²) in [6.45, 7) is 0.252. The Morgan fingerprint density at radius 1 is 1.13 bits per heavy atom. The van der Waals surface area contributed by atoms with Gasteiger partial charge in [-0.1, -0.05) is 30.3 Å². The molecule has 4 heterocycles. The summed E-state index contributed by atoms with van der Waals surface area (Å²) in [6, 6.07) is 19.2. The van der Waals surface area contributed by atoms with Crippen molar-refractivity contribution in [1.29, 1.82) is 0 Å². The van der Waals surface area contributed by atoms with Crippen molar-refractivity contribution in [2.75, 3.05) is 12.8 Å². The number of nitrogens with two attached hydrogens (primary N) is 1. The molecule has 188 valence electrons. The number of rotatable bonds is 6. The van der Waals surface area contributed by atoms with Crippen molar-refractivity contribution in [3.63, 3.8) is 0 Å². The Hall–Kier alpha value is -5.25. The van der Waals surface area contributed by atoms with E-state index < -0.39 is 11.7 Å². The zero-order chi connectivity index (χ0) is 26.2. The lowest BCUT2D eigenvalue weighted by Crippen LogP contribution is -2.23. The highest BCUT2D eigenvalue weighted by atomic mass is 19.1. The Labute approximate surface area is 216 Å². The van der Waals surface area contributed by atoms with Gasteiger partial charge in [0.2, 0.25) is 0 Å². The number of amides is 1. The number of H-pyrrole nitrogens is 1. The molecule has 0 bridgehead atoms. The number of hydrogen-bond acceptors (Lipinski definition) is 6. The van der Waals surface area contributed by atoms with Gasteiger partial charge >= 0.3 is 0 Å². The van der Waals surface area contributed by atoms with E-state index in [0.717, 1.165) is 39.5 Å². The van der Waals surface area contributed by atoms with Crippen LogP contribution in [-0.2, 0) is 6.54 Å². The van der Waals surface area contributed by atoms with Gasteiger partial charge in [0.1, 0.15) is 11.6 Å². The molecule has 10 heteroatoms. The van der Waals surface area contributed by atoms with Crippen LogP contribution in [0.2, 0.25) is 0 Å². The Morgan fingerprint density at radius 2 is 1.97 bits per heavy atom. The molecule has 1 amide bonds. The fourth-order valence-corrected chi connectivity index (χ4v) is 4.45. The average Bonchev–Trinajstić information content (AvgIpc) is 3.55. The number of carbonyl (C=O) groups excluding carboxylic acids is 1. The van der Waals surface area contributed by atoms with Crippen LogP contribution >= 0.6 is 0 Å². The maximum absolute atomic E-state index is 13.6. The number of pyridine rings is 2. The molecule has 0 aliphatic rings. The summed E-state index contributed by atoms with van der Waals surface area (Å²) in [5.74, 6) is -0.292. The van der Waals surface area contributed by atoms with Crippen LogP contribution in [-0.4, -0.2) is 37.8 Å². The van der Waals surface area contributed by atoms with E-state index in [0.29, 0.717) is 22.6 Å². The van der Waals surface area contributed by atoms with Crippen molar-refractivity contribution in [3.05, 3.63) is 96.1 Å². The van der Waals surface area contributed by atoms with Crippen LogP contribution in [0.15, 0.2) is 79.1 Å². The van der Waals surface area contributed by atoms with Crippen molar-refractivity contribution < 1.29 is 13.9 Å². The molecule has 4 N–H and O–H groups in total. The first-order valence-corrected chi connectivity index (χ1v) is 11.8. The minimum atomic E-state index is -0.509. The van der Waals surface area contributed by atoms with Crippen molar-refractivity contribution in [1.82, 2.24) is 30.1 Å². The van der Waals surface area contributed by atoms with Crippen LogP contribution in [0.25, 0.3) is 38.9 Å². The highest BCUT2D eigenvalue weighted by molar-refractivity contribution is 6.06. The smallest absolute Gasteiger partial charge is 0.255 e. The molecule has 0 aliphatic heterocycles. The van der Waals surface area contributed by atoms with Gasteiger partial charge in [0.15, 0.2) is 5.82 Å². The van der Waals surface area contributed by atoms with Crippen molar-refractivity contribution in [3.8, 4) is 28.3 Å². The number of aromatic nitrogens is 5. The Kier molecular flexibility index (Phi) is 5.68. The maximum Gasteiger partial charge on any atom is 0.255 e. The van der Waals surface area contributed by atoms with Gasteiger partial charge < -0.3 is 15.8 Å².